The Kier molecular flexibility index (Phi) is 5.51. The fourth-order valence-corrected chi connectivity index (χ4v) is 2.60. The molecular formula is C15H25N5O2. The minimum atomic E-state index is -0.370. The fraction of sp³-hybridized carbons (Fsp3) is 0.733. The zero-order valence-electron chi connectivity index (χ0n) is 13.6. The summed E-state index contributed by atoms with van der Waals surface area (Å²) in [5, 5.41) is 14.6. The van der Waals surface area contributed by atoms with E-state index < -0.39 is 0 Å². The predicted molar refractivity (Wildman–Crippen MR) is 87.2 cm³/mol. The maximum Gasteiger partial charge on any atom is 0.353 e. The Balaban J connectivity index is 2.20. The summed E-state index contributed by atoms with van der Waals surface area (Å²) in [5.41, 5.74) is 0.000749. The molecule has 7 nitrogen and oxygen atoms in total. The minimum absolute atomic E-state index is 0.000749. The first-order valence-electron chi connectivity index (χ1n) is 7.97. The summed E-state index contributed by atoms with van der Waals surface area (Å²) in [7, 11) is 0. The molecule has 1 fully saturated rings. The van der Waals surface area contributed by atoms with Crippen LogP contribution < -0.4 is 10.2 Å². The molecule has 0 aromatic carbocycles. The van der Waals surface area contributed by atoms with Gasteiger partial charge in [-0.1, -0.05) is 20.8 Å². The van der Waals surface area contributed by atoms with Crippen molar-refractivity contribution in [2.75, 3.05) is 29.9 Å². The second-order valence-corrected chi connectivity index (χ2v) is 6.43. The Bertz CT molecular complexity index is 513. The van der Waals surface area contributed by atoms with Gasteiger partial charge in [-0.15, -0.1) is 0 Å². The lowest BCUT2D eigenvalue weighted by molar-refractivity contribution is -0.383. The van der Waals surface area contributed by atoms with Crippen molar-refractivity contribution in [1.29, 1.82) is 0 Å². The van der Waals surface area contributed by atoms with Gasteiger partial charge in [0.05, 0.1) is 4.92 Å². The van der Waals surface area contributed by atoms with Gasteiger partial charge in [0.15, 0.2) is 0 Å². The number of aromatic nitrogens is 2. The van der Waals surface area contributed by atoms with Gasteiger partial charge in [-0.3, -0.25) is 10.1 Å². The molecule has 0 bridgehead atoms. The molecule has 7 heteroatoms. The summed E-state index contributed by atoms with van der Waals surface area (Å²) in [6.45, 7) is 8.75. The normalized spacial score (nSPS) is 16.1. The Hall–Kier alpha value is -1.92. The van der Waals surface area contributed by atoms with Crippen LogP contribution in [0.2, 0.25) is 0 Å². The van der Waals surface area contributed by atoms with Crippen molar-refractivity contribution in [2.45, 2.75) is 40.0 Å². The lowest BCUT2D eigenvalue weighted by Gasteiger charge is -2.30. The van der Waals surface area contributed by atoms with Crippen molar-refractivity contribution in [2.24, 2.45) is 11.8 Å². The Morgan fingerprint density at radius 2 is 2.09 bits per heavy atom. The molecule has 0 amide bonds. The van der Waals surface area contributed by atoms with E-state index in [1.165, 1.54) is 6.33 Å². The molecule has 2 heterocycles. The van der Waals surface area contributed by atoms with Gasteiger partial charge in [0, 0.05) is 19.6 Å². The standard InChI is InChI=1S/C15H25N5O2/c1-11(2)4-7-16-14-13(20(21)22)15(18-10-17-14)19-8-5-12(3)6-9-19/h10-12H,4-9H2,1-3H3,(H,16,17,18). The van der Waals surface area contributed by atoms with Gasteiger partial charge in [-0.25, -0.2) is 9.97 Å². The molecule has 1 aromatic rings. The minimum Gasteiger partial charge on any atom is -0.364 e. The van der Waals surface area contributed by atoms with E-state index in [2.05, 4.69) is 36.1 Å². The van der Waals surface area contributed by atoms with Crippen LogP contribution in [-0.2, 0) is 0 Å². The van der Waals surface area contributed by atoms with Gasteiger partial charge in [0.25, 0.3) is 0 Å². The third kappa shape index (κ3) is 4.05. The van der Waals surface area contributed by atoms with Gasteiger partial charge in [-0.2, -0.15) is 0 Å². The Labute approximate surface area is 131 Å². The van der Waals surface area contributed by atoms with E-state index in [4.69, 9.17) is 0 Å². The molecule has 1 aromatic heterocycles. The molecular weight excluding hydrogens is 282 g/mol. The monoisotopic (exact) mass is 307 g/mol. The van der Waals surface area contributed by atoms with E-state index in [0.29, 0.717) is 30.0 Å². The van der Waals surface area contributed by atoms with Crippen LogP contribution in [0.4, 0.5) is 17.3 Å². The van der Waals surface area contributed by atoms with Crippen LogP contribution in [0.25, 0.3) is 0 Å². The van der Waals surface area contributed by atoms with Crippen molar-refractivity contribution in [3.8, 4) is 0 Å². The molecule has 0 atom stereocenters. The number of rotatable bonds is 6. The lowest BCUT2D eigenvalue weighted by atomic mass is 9.99. The maximum atomic E-state index is 11.5. The van der Waals surface area contributed by atoms with Gasteiger partial charge >= 0.3 is 5.69 Å². The van der Waals surface area contributed by atoms with Crippen molar-refractivity contribution in [1.82, 2.24) is 9.97 Å². The van der Waals surface area contributed by atoms with Crippen LogP contribution in [0.3, 0.4) is 0 Å². The summed E-state index contributed by atoms with van der Waals surface area (Å²) in [4.78, 5) is 21.4. The number of nitrogens with zero attached hydrogens (tertiary/aromatic N) is 4. The molecule has 122 valence electrons. The largest absolute Gasteiger partial charge is 0.364 e. The average molecular weight is 307 g/mol. The van der Waals surface area contributed by atoms with Crippen LogP contribution in [0.5, 0.6) is 0 Å². The summed E-state index contributed by atoms with van der Waals surface area (Å²) >= 11 is 0. The number of hydrogen-bond donors (Lipinski definition) is 1. The Morgan fingerprint density at radius 1 is 1.41 bits per heavy atom. The highest BCUT2D eigenvalue weighted by Crippen LogP contribution is 2.33. The van der Waals surface area contributed by atoms with Crippen LogP contribution in [-0.4, -0.2) is 34.5 Å². The second-order valence-electron chi connectivity index (χ2n) is 6.43. The predicted octanol–water partition coefficient (Wildman–Crippen LogP) is 3.08. The number of piperidine rings is 1. The van der Waals surface area contributed by atoms with Gasteiger partial charge in [0.1, 0.15) is 6.33 Å². The molecule has 2 rings (SSSR count). The molecule has 22 heavy (non-hydrogen) atoms. The quantitative estimate of drug-likeness (QED) is 0.642. The van der Waals surface area contributed by atoms with Crippen molar-refractivity contribution < 1.29 is 4.92 Å². The van der Waals surface area contributed by atoms with E-state index >= 15 is 0 Å². The molecule has 1 aliphatic heterocycles. The number of hydrogen-bond acceptors (Lipinski definition) is 6. The highest BCUT2D eigenvalue weighted by Gasteiger charge is 2.28. The van der Waals surface area contributed by atoms with Crippen molar-refractivity contribution >= 4 is 17.3 Å². The van der Waals surface area contributed by atoms with Crippen LogP contribution in [0, 0.1) is 22.0 Å². The first-order chi connectivity index (χ1) is 10.5. The molecule has 0 unspecified atom stereocenters. The first-order valence-corrected chi connectivity index (χ1v) is 7.97. The molecule has 1 N–H and O–H groups in total. The SMILES string of the molecule is CC(C)CCNc1ncnc(N2CCC(C)CC2)c1[N+](=O)[O-]. The zero-order chi connectivity index (χ0) is 16.1. The summed E-state index contributed by atoms with van der Waals surface area (Å²) in [6.07, 6.45) is 4.43. The Morgan fingerprint density at radius 3 is 2.68 bits per heavy atom. The average Bonchev–Trinajstić information content (AvgIpc) is 2.47. The topological polar surface area (TPSA) is 84.2 Å². The first kappa shape index (κ1) is 16.5. The van der Waals surface area contributed by atoms with E-state index in [0.717, 1.165) is 32.4 Å². The lowest BCUT2D eigenvalue weighted by Crippen LogP contribution is -2.34. The molecule has 0 spiro atoms. The van der Waals surface area contributed by atoms with Crippen LogP contribution >= 0.6 is 0 Å². The van der Waals surface area contributed by atoms with Crippen molar-refractivity contribution in [3.63, 3.8) is 0 Å². The molecule has 0 radical (unpaired) electrons. The number of anilines is 2. The molecule has 1 saturated heterocycles. The number of nitro groups is 1. The molecule has 0 aliphatic carbocycles. The van der Waals surface area contributed by atoms with Crippen molar-refractivity contribution in [3.05, 3.63) is 16.4 Å². The second kappa shape index (κ2) is 7.38. The van der Waals surface area contributed by atoms with Crippen LogP contribution in [0.15, 0.2) is 6.33 Å². The fourth-order valence-electron chi connectivity index (χ4n) is 2.60. The third-order valence-electron chi connectivity index (χ3n) is 4.08. The van der Waals surface area contributed by atoms with Gasteiger partial charge in [0.2, 0.25) is 11.6 Å². The molecule has 1 aliphatic rings. The zero-order valence-corrected chi connectivity index (χ0v) is 13.6. The van der Waals surface area contributed by atoms with E-state index in [-0.39, 0.29) is 10.6 Å². The van der Waals surface area contributed by atoms with E-state index in [1.54, 1.807) is 0 Å². The highest BCUT2D eigenvalue weighted by molar-refractivity contribution is 5.70. The smallest absolute Gasteiger partial charge is 0.353 e. The van der Waals surface area contributed by atoms with Crippen LogP contribution in [0.1, 0.15) is 40.0 Å². The maximum absolute atomic E-state index is 11.5. The third-order valence-corrected chi connectivity index (χ3v) is 4.08. The summed E-state index contributed by atoms with van der Waals surface area (Å²) in [6, 6.07) is 0. The highest BCUT2D eigenvalue weighted by atomic mass is 16.6. The number of nitrogens with one attached hydrogen (secondary N) is 1. The summed E-state index contributed by atoms with van der Waals surface area (Å²) < 4.78 is 0. The van der Waals surface area contributed by atoms with Gasteiger partial charge in [-0.05, 0) is 31.1 Å². The molecule has 0 saturated carbocycles. The van der Waals surface area contributed by atoms with Gasteiger partial charge < -0.3 is 10.2 Å². The summed E-state index contributed by atoms with van der Waals surface area (Å²) in [5.74, 6) is 1.98. The van der Waals surface area contributed by atoms with E-state index in [9.17, 15) is 10.1 Å². The van der Waals surface area contributed by atoms with E-state index in [1.807, 2.05) is 4.90 Å².